The van der Waals surface area contributed by atoms with E-state index in [1.807, 2.05) is 6.07 Å². The van der Waals surface area contributed by atoms with Crippen molar-refractivity contribution in [3.63, 3.8) is 0 Å². The highest BCUT2D eigenvalue weighted by molar-refractivity contribution is 5.14. The SMILES string of the molecule is CCCC(C)CC(NN)c1ccc(OC)nn1. The third-order valence-corrected chi connectivity index (χ3v) is 2.85. The maximum Gasteiger partial charge on any atom is 0.233 e. The maximum absolute atomic E-state index is 5.57. The Bertz CT molecular complexity index is 315. The van der Waals surface area contributed by atoms with E-state index in [4.69, 9.17) is 10.6 Å². The Hall–Kier alpha value is -1.20. The maximum atomic E-state index is 5.57. The quantitative estimate of drug-likeness (QED) is 0.560. The van der Waals surface area contributed by atoms with Crippen LogP contribution in [0.15, 0.2) is 12.1 Å². The van der Waals surface area contributed by atoms with Gasteiger partial charge in [0.2, 0.25) is 5.88 Å². The summed E-state index contributed by atoms with van der Waals surface area (Å²) < 4.78 is 4.98. The van der Waals surface area contributed by atoms with E-state index < -0.39 is 0 Å². The average molecular weight is 238 g/mol. The smallest absolute Gasteiger partial charge is 0.233 e. The first kappa shape index (κ1) is 13.9. The zero-order valence-corrected chi connectivity index (χ0v) is 10.8. The first-order valence-corrected chi connectivity index (χ1v) is 6.05. The molecular formula is C12H22N4O. The van der Waals surface area contributed by atoms with Crippen molar-refractivity contribution in [3.05, 3.63) is 17.8 Å². The van der Waals surface area contributed by atoms with Crippen molar-refractivity contribution >= 4 is 0 Å². The lowest BCUT2D eigenvalue weighted by Crippen LogP contribution is -2.30. The van der Waals surface area contributed by atoms with Crippen LogP contribution in [0.25, 0.3) is 0 Å². The normalized spacial score (nSPS) is 14.4. The van der Waals surface area contributed by atoms with Crippen LogP contribution in [0.3, 0.4) is 0 Å². The molecule has 0 aliphatic rings. The number of hydrazine groups is 1. The molecule has 0 saturated heterocycles. The van der Waals surface area contributed by atoms with Gasteiger partial charge in [0.25, 0.3) is 0 Å². The highest BCUT2D eigenvalue weighted by Gasteiger charge is 2.15. The Morgan fingerprint density at radius 1 is 1.41 bits per heavy atom. The molecule has 2 atom stereocenters. The van der Waals surface area contributed by atoms with Crippen LogP contribution in [-0.4, -0.2) is 17.3 Å². The molecule has 0 aliphatic heterocycles. The first-order chi connectivity index (χ1) is 8.21. The van der Waals surface area contributed by atoms with Crippen LogP contribution in [0, 0.1) is 5.92 Å². The van der Waals surface area contributed by atoms with Crippen LogP contribution < -0.4 is 16.0 Å². The molecule has 1 aromatic heterocycles. The number of hydrogen-bond acceptors (Lipinski definition) is 5. The minimum absolute atomic E-state index is 0.0509. The second kappa shape index (κ2) is 7.19. The zero-order chi connectivity index (χ0) is 12.7. The highest BCUT2D eigenvalue weighted by atomic mass is 16.5. The van der Waals surface area contributed by atoms with Crippen LogP contribution in [0.2, 0.25) is 0 Å². The molecule has 0 bridgehead atoms. The first-order valence-electron chi connectivity index (χ1n) is 6.05. The van der Waals surface area contributed by atoms with E-state index in [0.29, 0.717) is 11.8 Å². The Balaban J connectivity index is 2.65. The largest absolute Gasteiger partial charge is 0.480 e. The summed E-state index contributed by atoms with van der Waals surface area (Å²) in [4.78, 5) is 0. The molecule has 0 radical (unpaired) electrons. The van der Waals surface area contributed by atoms with Crippen molar-refractivity contribution in [1.29, 1.82) is 0 Å². The van der Waals surface area contributed by atoms with E-state index in [1.54, 1.807) is 13.2 Å². The second-order valence-corrected chi connectivity index (χ2v) is 4.35. The van der Waals surface area contributed by atoms with Crippen LogP contribution in [0.1, 0.15) is 44.8 Å². The van der Waals surface area contributed by atoms with Crippen molar-refractivity contribution in [3.8, 4) is 5.88 Å². The lowest BCUT2D eigenvalue weighted by molar-refractivity contribution is 0.374. The lowest BCUT2D eigenvalue weighted by atomic mass is 9.96. The highest BCUT2D eigenvalue weighted by Crippen LogP contribution is 2.22. The molecule has 1 rings (SSSR count). The van der Waals surface area contributed by atoms with Crippen molar-refractivity contribution < 1.29 is 4.74 Å². The van der Waals surface area contributed by atoms with Gasteiger partial charge in [0, 0.05) is 6.07 Å². The van der Waals surface area contributed by atoms with Crippen molar-refractivity contribution in [1.82, 2.24) is 15.6 Å². The van der Waals surface area contributed by atoms with Crippen LogP contribution in [0.4, 0.5) is 0 Å². The molecule has 5 heteroatoms. The summed E-state index contributed by atoms with van der Waals surface area (Å²) in [6, 6.07) is 3.75. The minimum Gasteiger partial charge on any atom is -0.480 e. The molecule has 0 amide bonds. The second-order valence-electron chi connectivity index (χ2n) is 4.35. The molecule has 0 fully saturated rings. The van der Waals surface area contributed by atoms with Crippen LogP contribution >= 0.6 is 0 Å². The number of rotatable bonds is 7. The van der Waals surface area contributed by atoms with Gasteiger partial charge in [-0.1, -0.05) is 26.7 Å². The Morgan fingerprint density at radius 2 is 2.18 bits per heavy atom. The van der Waals surface area contributed by atoms with Crippen molar-refractivity contribution in [2.24, 2.45) is 11.8 Å². The molecule has 0 aliphatic carbocycles. The van der Waals surface area contributed by atoms with Gasteiger partial charge in [-0.15, -0.1) is 5.10 Å². The molecule has 0 saturated carbocycles. The van der Waals surface area contributed by atoms with E-state index in [1.165, 1.54) is 12.8 Å². The third-order valence-electron chi connectivity index (χ3n) is 2.85. The summed E-state index contributed by atoms with van der Waals surface area (Å²) in [5, 5.41) is 8.07. The van der Waals surface area contributed by atoms with Gasteiger partial charge in [0.1, 0.15) is 0 Å². The van der Waals surface area contributed by atoms with Crippen LogP contribution in [0.5, 0.6) is 5.88 Å². The summed E-state index contributed by atoms with van der Waals surface area (Å²) >= 11 is 0. The topological polar surface area (TPSA) is 73.1 Å². The zero-order valence-electron chi connectivity index (χ0n) is 10.8. The standard InChI is InChI=1S/C12H22N4O/c1-4-5-9(2)8-11(14-13)10-6-7-12(17-3)16-15-10/h6-7,9,11,14H,4-5,8,13H2,1-3H3. The Labute approximate surface area is 103 Å². The van der Waals surface area contributed by atoms with E-state index >= 15 is 0 Å². The summed E-state index contributed by atoms with van der Waals surface area (Å²) in [5.74, 6) is 6.71. The molecular weight excluding hydrogens is 216 g/mol. The van der Waals surface area contributed by atoms with E-state index in [-0.39, 0.29) is 6.04 Å². The van der Waals surface area contributed by atoms with Gasteiger partial charge in [-0.25, -0.2) is 0 Å². The van der Waals surface area contributed by atoms with Crippen molar-refractivity contribution in [2.45, 2.75) is 39.2 Å². The van der Waals surface area contributed by atoms with E-state index in [2.05, 4.69) is 29.5 Å². The van der Waals surface area contributed by atoms with E-state index in [9.17, 15) is 0 Å². The summed E-state index contributed by atoms with van der Waals surface area (Å²) in [7, 11) is 1.58. The Morgan fingerprint density at radius 3 is 2.65 bits per heavy atom. The number of nitrogens with one attached hydrogen (secondary N) is 1. The Kier molecular flexibility index (Phi) is 5.86. The molecule has 0 spiro atoms. The lowest BCUT2D eigenvalue weighted by Gasteiger charge is -2.19. The number of hydrogen-bond donors (Lipinski definition) is 2. The summed E-state index contributed by atoms with van der Waals surface area (Å²) in [6.07, 6.45) is 3.35. The van der Waals surface area contributed by atoms with Crippen LogP contribution in [-0.2, 0) is 0 Å². The van der Waals surface area contributed by atoms with Gasteiger partial charge >= 0.3 is 0 Å². The van der Waals surface area contributed by atoms with E-state index in [0.717, 1.165) is 12.1 Å². The molecule has 2 unspecified atom stereocenters. The number of nitrogens with zero attached hydrogens (tertiary/aromatic N) is 2. The van der Waals surface area contributed by atoms with Gasteiger partial charge in [-0.3, -0.25) is 11.3 Å². The predicted octanol–water partition coefficient (Wildman–Crippen LogP) is 1.82. The molecule has 96 valence electrons. The summed E-state index contributed by atoms with van der Waals surface area (Å²) in [6.45, 7) is 4.42. The number of methoxy groups -OCH3 is 1. The van der Waals surface area contributed by atoms with Gasteiger partial charge < -0.3 is 4.74 Å². The number of aromatic nitrogens is 2. The number of nitrogens with two attached hydrogens (primary N) is 1. The molecule has 5 nitrogen and oxygen atoms in total. The fourth-order valence-electron chi connectivity index (χ4n) is 1.91. The third kappa shape index (κ3) is 4.28. The monoisotopic (exact) mass is 238 g/mol. The average Bonchev–Trinajstić information content (AvgIpc) is 2.36. The molecule has 0 aromatic carbocycles. The fraction of sp³-hybridized carbons (Fsp3) is 0.667. The van der Waals surface area contributed by atoms with Crippen molar-refractivity contribution in [2.75, 3.05) is 7.11 Å². The minimum atomic E-state index is 0.0509. The molecule has 1 aromatic rings. The van der Waals surface area contributed by atoms with Gasteiger partial charge in [-0.05, 0) is 18.4 Å². The molecule has 3 N–H and O–H groups in total. The van der Waals surface area contributed by atoms with Gasteiger partial charge in [0.15, 0.2) is 0 Å². The number of ether oxygens (including phenoxy) is 1. The molecule has 17 heavy (non-hydrogen) atoms. The van der Waals surface area contributed by atoms with Gasteiger partial charge in [0.05, 0.1) is 18.8 Å². The fourth-order valence-corrected chi connectivity index (χ4v) is 1.91. The summed E-state index contributed by atoms with van der Waals surface area (Å²) in [5.41, 5.74) is 3.66. The molecule has 1 heterocycles. The van der Waals surface area contributed by atoms with Gasteiger partial charge in [-0.2, -0.15) is 5.10 Å². The predicted molar refractivity (Wildman–Crippen MR) is 67.3 cm³/mol.